The Labute approximate surface area is 177 Å². The zero-order valence-electron chi connectivity index (χ0n) is 17.4. The van der Waals surface area contributed by atoms with Gasteiger partial charge in [0.25, 0.3) is 5.91 Å². The molecule has 2 N–H and O–H groups in total. The second-order valence-corrected chi connectivity index (χ2v) is 8.44. The third-order valence-electron chi connectivity index (χ3n) is 6.56. The van der Waals surface area contributed by atoms with Crippen LogP contribution in [-0.4, -0.2) is 47.6 Å². The second kappa shape index (κ2) is 8.25. The molecule has 0 saturated carbocycles. The monoisotopic (exact) mass is 403 g/mol. The number of H-pyrrole nitrogens is 1. The number of nitrogens with zero attached hydrogens (tertiary/aromatic N) is 1. The molecule has 1 saturated heterocycles. The number of amides is 1. The highest BCUT2D eigenvalue weighted by Gasteiger charge is 2.33. The summed E-state index contributed by atoms with van der Waals surface area (Å²) in [5, 5.41) is 4.88. The molecule has 1 fully saturated rings. The zero-order valence-corrected chi connectivity index (χ0v) is 17.4. The van der Waals surface area contributed by atoms with Gasteiger partial charge in [0.05, 0.1) is 19.3 Å². The van der Waals surface area contributed by atoms with E-state index in [1.54, 1.807) is 0 Å². The Morgan fingerprint density at radius 1 is 1.17 bits per heavy atom. The van der Waals surface area contributed by atoms with Crippen molar-refractivity contribution < 1.29 is 9.53 Å². The minimum Gasteiger partial charge on any atom is -0.378 e. The van der Waals surface area contributed by atoms with E-state index in [-0.39, 0.29) is 18.0 Å². The summed E-state index contributed by atoms with van der Waals surface area (Å²) >= 11 is 0. The summed E-state index contributed by atoms with van der Waals surface area (Å²) in [4.78, 5) is 18.5. The number of benzene rings is 2. The maximum atomic E-state index is 13.3. The number of fused-ring (bicyclic) bond motifs is 2. The molecular formula is C25H29N3O2. The number of carbonyl (C=O) groups excluding carboxylic acids is 1. The Hall–Kier alpha value is -2.63. The van der Waals surface area contributed by atoms with Crippen molar-refractivity contribution >= 4 is 16.8 Å². The number of aromatic amines is 1. The summed E-state index contributed by atoms with van der Waals surface area (Å²) in [6.45, 7) is 4.01. The van der Waals surface area contributed by atoms with Crippen LogP contribution < -0.4 is 5.32 Å². The van der Waals surface area contributed by atoms with Gasteiger partial charge in [0.15, 0.2) is 0 Å². The lowest BCUT2D eigenvalue weighted by Gasteiger charge is -2.38. The van der Waals surface area contributed by atoms with Gasteiger partial charge in [0.2, 0.25) is 0 Å². The third kappa shape index (κ3) is 3.64. The van der Waals surface area contributed by atoms with E-state index in [4.69, 9.17) is 4.74 Å². The standard InChI is InChI=1S/C25H29N3O2/c1-2-28(25(29)24-13-18-8-4-6-10-22(18)27-24)20-14-19(15-30-16-20)26-23-12-11-17-7-3-5-9-21(17)23/h3-10,13,19-20,23,26-27H,2,11-12,14-16H2,1H3/t19-,20+,23-/m0/s1. The molecule has 5 rings (SSSR count). The molecule has 2 heterocycles. The SMILES string of the molecule is CCN(C(=O)c1cc2ccccc2[nH]1)[C@H]1COC[C@@H](N[C@H]2CCc3ccccc32)C1. The van der Waals surface area contributed by atoms with E-state index in [1.165, 1.54) is 11.1 Å². The van der Waals surface area contributed by atoms with Gasteiger partial charge in [-0.1, -0.05) is 42.5 Å². The van der Waals surface area contributed by atoms with E-state index in [2.05, 4.69) is 34.6 Å². The first-order valence-electron chi connectivity index (χ1n) is 11.0. The molecule has 0 unspecified atom stereocenters. The summed E-state index contributed by atoms with van der Waals surface area (Å²) in [5.74, 6) is 0.0502. The fourth-order valence-electron chi connectivity index (χ4n) is 5.07. The lowest BCUT2D eigenvalue weighted by Crippen LogP contribution is -2.51. The van der Waals surface area contributed by atoms with Crippen LogP contribution in [-0.2, 0) is 11.2 Å². The van der Waals surface area contributed by atoms with Crippen molar-refractivity contribution in [2.75, 3.05) is 19.8 Å². The van der Waals surface area contributed by atoms with Gasteiger partial charge in [-0.15, -0.1) is 0 Å². The molecule has 156 valence electrons. The maximum absolute atomic E-state index is 13.3. The van der Waals surface area contributed by atoms with Crippen LogP contribution in [0.2, 0.25) is 0 Å². The minimum absolute atomic E-state index is 0.0502. The highest BCUT2D eigenvalue weighted by atomic mass is 16.5. The predicted octanol–water partition coefficient (Wildman–Crippen LogP) is 4.06. The lowest BCUT2D eigenvalue weighted by atomic mass is 10.0. The van der Waals surface area contributed by atoms with E-state index in [0.717, 1.165) is 30.2 Å². The van der Waals surface area contributed by atoms with Crippen LogP contribution in [0, 0.1) is 0 Å². The van der Waals surface area contributed by atoms with Crippen molar-refractivity contribution in [3.05, 3.63) is 71.4 Å². The molecule has 1 aliphatic heterocycles. The number of hydrogen-bond donors (Lipinski definition) is 2. The van der Waals surface area contributed by atoms with E-state index in [1.807, 2.05) is 42.2 Å². The molecule has 2 aromatic carbocycles. The van der Waals surface area contributed by atoms with Crippen LogP contribution in [0.4, 0.5) is 0 Å². The number of likely N-dealkylation sites (N-methyl/N-ethyl adjacent to an activating group) is 1. The fraction of sp³-hybridized carbons (Fsp3) is 0.400. The van der Waals surface area contributed by atoms with Crippen LogP contribution in [0.15, 0.2) is 54.6 Å². The molecule has 5 heteroatoms. The first-order valence-corrected chi connectivity index (χ1v) is 11.0. The van der Waals surface area contributed by atoms with Crippen molar-refractivity contribution in [1.82, 2.24) is 15.2 Å². The van der Waals surface area contributed by atoms with Gasteiger partial charge in [0.1, 0.15) is 5.69 Å². The van der Waals surface area contributed by atoms with Crippen LogP contribution in [0.25, 0.3) is 10.9 Å². The largest absolute Gasteiger partial charge is 0.378 e. The van der Waals surface area contributed by atoms with Crippen molar-refractivity contribution in [1.29, 1.82) is 0 Å². The molecule has 1 aromatic heterocycles. The highest BCUT2D eigenvalue weighted by molar-refractivity contribution is 5.98. The molecule has 5 nitrogen and oxygen atoms in total. The Balaban J connectivity index is 1.29. The van der Waals surface area contributed by atoms with Gasteiger partial charge < -0.3 is 19.9 Å². The number of aromatic nitrogens is 1. The maximum Gasteiger partial charge on any atom is 0.270 e. The smallest absolute Gasteiger partial charge is 0.270 e. The minimum atomic E-state index is 0.0502. The van der Waals surface area contributed by atoms with Gasteiger partial charge >= 0.3 is 0 Å². The quantitative estimate of drug-likeness (QED) is 0.675. The van der Waals surface area contributed by atoms with Crippen LogP contribution in [0.3, 0.4) is 0 Å². The van der Waals surface area contributed by atoms with Crippen molar-refractivity contribution in [3.63, 3.8) is 0 Å². The molecule has 3 aromatic rings. The number of para-hydroxylation sites is 1. The molecule has 0 spiro atoms. The molecule has 1 amide bonds. The molecular weight excluding hydrogens is 374 g/mol. The molecule has 2 aliphatic rings. The second-order valence-electron chi connectivity index (χ2n) is 8.44. The van der Waals surface area contributed by atoms with E-state index >= 15 is 0 Å². The molecule has 1 aliphatic carbocycles. The molecule has 0 radical (unpaired) electrons. The number of hydrogen-bond acceptors (Lipinski definition) is 3. The fourth-order valence-corrected chi connectivity index (χ4v) is 5.07. The van der Waals surface area contributed by atoms with Gasteiger partial charge in [-0.05, 0) is 49.4 Å². The summed E-state index contributed by atoms with van der Waals surface area (Å²) in [6.07, 6.45) is 3.18. The predicted molar refractivity (Wildman–Crippen MR) is 119 cm³/mol. The van der Waals surface area contributed by atoms with Crippen molar-refractivity contribution in [2.24, 2.45) is 0 Å². The van der Waals surface area contributed by atoms with E-state index < -0.39 is 0 Å². The number of rotatable bonds is 5. The Morgan fingerprint density at radius 3 is 2.87 bits per heavy atom. The van der Waals surface area contributed by atoms with Gasteiger partial charge in [-0.25, -0.2) is 0 Å². The van der Waals surface area contributed by atoms with E-state index in [9.17, 15) is 4.79 Å². The van der Waals surface area contributed by atoms with Crippen molar-refractivity contribution in [3.8, 4) is 0 Å². The Kier molecular flexibility index (Phi) is 5.32. The highest BCUT2D eigenvalue weighted by Crippen LogP contribution is 2.32. The average molecular weight is 404 g/mol. The number of ether oxygens (including phenoxy) is 1. The number of carbonyl (C=O) groups is 1. The summed E-state index contributed by atoms with van der Waals surface area (Å²) < 4.78 is 5.95. The van der Waals surface area contributed by atoms with Crippen LogP contribution >= 0.6 is 0 Å². The van der Waals surface area contributed by atoms with Crippen LogP contribution in [0.5, 0.6) is 0 Å². The molecule has 30 heavy (non-hydrogen) atoms. The number of nitrogens with one attached hydrogen (secondary N) is 2. The summed E-state index contributed by atoms with van der Waals surface area (Å²) in [7, 11) is 0. The normalized spacial score (nSPS) is 23.4. The van der Waals surface area contributed by atoms with Crippen LogP contribution in [0.1, 0.15) is 47.4 Å². The first-order chi connectivity index (χ1) is 14.7. The summed E-state index contributed by atoms with van der Waals surface area (Å²) in [6, 6.07) is 19.4. The Morgan fingerprint density at radius 2 is 2.00 bits per heavy atom. The molecule has 0 bridgehead atoms. The van der Waals surface area contributed by atoms with E-state index in [0.29, 0.717) is 31.5 Å². The van der Waals surface area contributed by atoms with Gasteiger partial charge in [0, 0.05) is 29.5 Å². The zero-order chi connectivity index (χ0) is 20.5. The van der Waals surface area contributed by atoms with Gasteiger partial charge in [-0.3, -0.25) is 4.79 Å². The first kappa shape index (κ1) is 19.3. The van der Waals surface area contributed by atoms with Crippen molar-refractivity contribution in [2.45, 2.75) is 44.3 Å². The lowest BCUT2D eigenvalue weighted by molar-refractivity contribution is 0.000932. The summed E-state index contributed by atoms with van der Waals surface area (Å²) in [5.41, 5.74) is 4.52. The third-order valence-corrected chi connectivity index (χ3v) is 6.56. The van der Waals surface area contributed by atoms with Gasteiger partial charge in [-0.2, -0.15) is 0 Å². The molecule has 3 atom stereocenters. The Bertz CT molecular complexity index is 1010. The number of aryl methyl sites for hydroxylation is 1. The average Bonchev–Trinajstić information content (AvgIpc) is 3.39. The topological polar surface area (TPSA) is 57.4 Å².